The lowest BCUT2D eigenvalue weighted by Crippen LogP contribution is -2.71. The molecule has 90 valence electrons. The standard InChI is InChI=1S/C11H14N4O2/c1-17-9(16)8-2-3-13-10(14-8)15-6-11(7-15)4-12-5-11/h2-3,12H,4-7H2,1H3. The Labute approximate surface area is 99.0 Å². The van der Waals surface area contributed by atoms with E-state index in [1.165, 1.54) is 7.11 Å². The average Bonchev–Trinajstić information content (AvgIpc) is 2.25. The van der Waals surface area contributed by atoms with Crippen molar-refractivity contribution in [3.63, 3.8) is 0 Å². The number of anilines is 1. The van der Waals surface area contributed by atoms with E-state index >= 15 is 0 Å². The van der Waals surface area contributed by atoms with Crippen molar-refractivity contribution >= 4 is 11.9 Å². The number of nitrogens with zero attached hydrogens (tertiary/aromatic N) is 3. The fourth-order valence-electron chi connectivity index (χ4n) is 2.33. The molecule has 6 heteroatoms. The second-order valence-corrected chi connectivity index (χ2v) is 4.69. The first-order chi connectivity index (χ1) is 8.22. The van der Waals surface area contributed by atoms with E-state index in [0.717, 1.165) is 26.2 Å². The number of ether oxygens (including phenoxy) is 1. The maximum atomic E-state index is 11.3. The summed E-state index contributed by atoms with van der Waals surface area (Å²) in [5.74, 6) is 0.194. The van der Waals surface area contributed by atoms with Gasteiger partial charge in [0, 0.05) is 37.8 Å². The lowest BCUT2D eigenvalue weighted by molar-refractivity contribution is 0.0593. The molecular weight excluding hydrogens is 220 g/mol. The minimum atomic E-state index is -0.422. The second kappa shape index (κ2) is 3.66. The van der Waals surface area contributed by atoms with Gasteiger partial charge in [-0.2, -0.15) is 0 Å². The van der Waals surface area contributed by atoms with Crippen LogP contribution in [0.2, 0.25) is 0 Å². The highest BCUT2D eigenvalue weighted by Crippen LogP contribution is 2.35. The van der Waals surface area contributed by atoms with E-state index < -0.39 is 5.97 Å². The fourth-order valence-corrected chi connectivity index (χ4v) is 2.33. The maximum absolute atomic E-state index is 11.3. The Morgan fingerprint density at radius 3 is 2.88 bits per heavy atom. The number of hydrogen-bond acceptors (Lipinski definition) is 6. The van der Waals surface area contributed by atoms with Gasteiger partial charge in [0.15, 0.2) is 5.69 Å². The molecule has 1 N–H and O–H groups in total. The van der Waals surface area contributed by atoms with Gasteiger partial charge in [-0.1, -0.05) is 0 Å². The Morgan fingerprint density at radius 2 is 2.29 bits per heavy atom. The Hall–Kier alpha value is -1.69. The molecule has 2 aliphatic heterocycles. The molecule has 2 aliphatic rings. The van der Waals surface area contributed by atoms with Gasteiger partial charge in [0.25, 0.3) is 0 Å². The van der Waals surface area contributed by atoms with Crippen molar-refractivity contribution < 1.29 is 9.53 Å². The average molecular weight is 234 g/mol. The minimum Gasteiger partial charge on any atom is -0.464 e. The van der Waals surface area contributed by atoms with Crippen LogP contribution in [0, 0.1) is 5.41 Å². The molecule has 17 heavy (non-hydrogen) atoms. The third kappa shape index (κ3) is 1.64. The van der Waals surface area contributed by atoms with E-state index in [1.54, 1.807) is 12.3 Å². The summed E-state index contributed by atoms with van der Waals surface area (Å²) in [5.41, 5.74) is 0.732. The predicted molar refractivity (Wildman–Crippen MR) is 60.9 cm³/mol. The lowest BCUT2D eigenvalue weighted by Gasteiger charge is -2.55. The van der Waals surface area contributed by atoms with Crippen LogP contribution >= 0.6 is 0 Å². The molecule has 0 aliphatic carbocycles. The van der Waals surface area contributed by atoms with Crippen LogP contribution in [0.25, 0.3) is 0 Å². The summed E-state index contributed by atoms with van der Waals surface area (Å²) < 4.78 is 4.64. The Balaban J connectivity index is 1.73. The smallest absolute Gasteiger partial charge is 0.356 e. The van der Waals surface area contributed by atoms with Crippen molar-refractivity contribution in [3.05, 3.63) is 18.0 Å². The molecule has 0 bridgehead atoms. The molecule has 1 aromatic rings. The zero-order chi connectivity index (χ0) is 11.9. The molecule has 6 nitrogen and oxygen atoms in total. The highest BCUT2D eigenvalue weighted by molar-refractivity contribution is 5.87. The minimum absolute atomic E-state index is 0.310. The van der Waals surface area contributed by atoms with Crippen molar-refractivity contribution in [2.45, 2.75) is 0 Å². The van der Waals surface area contributed by atoms with Crippen molar-refractivity contribution in [2.75, 3.05) is 38.2 Å². The van der Waals surface area contributed by atoms with Crippen LogP contribution in [-0.4, -0.2) is 49.2 Å². The van der Waals surface area contributed by atoms with Crippen LogP contribution in [0.15, 0.2) is 12.3 Å². The molecule has 0 aromatic carbocycles. The molecule has 3 rings (SSSR count). The summed E-state index contributed by atoms with van der Waals surface area (Å²) in [6.45, 7) is 4.07. The van der Waals surface area contributed by atoms with Gasteiger partial charge in [-0.15, -0.1) is 0 Å². The van der Waals surface area contributed by atoms with Gasteiger partial charge in [-0.05, 0) is 6.07 Å². The summed E-state index contributed by atoms with van der Waals surface area (Å²) in [4.78, 5) is 21.8. The molecule has 0 atom stereocenters. The summed E-state index contributed by atoms with van der Waals surface area (Å²) in [7, 11) is 1.35. The van der Waals surface area contributed by atoms with Crippen LogP contribution in [0.1, 0.15) is 10.5 Å². The number of nitrogens with one attached hydrogen (secondary N) is 1. The van der Waals surface area contributed by atoms with Crippen molar-refractivity contribution in [1.29, 1.82) is 0 Å². The summed E-state index contributed by atoms with van der Waals surface area (Å²) in [5, 5.41) is 3.27. The largest absolute Gasteiger partial charge is 0.464 e. The van der Waals surface area contributed by atoms with Crippen molar-refractivity contribution in [2.24, 2.45) is 5.41 Å². The monoisotopic (exact) mass is 234 g/mol. The Bertz CT molecular complexity index is 451. The first-order valence-corrected chi connectivity index (χ1v) is 5.59. The van der Waals surface area contributed by atoms with Gasteiger partial charge < -0.3 is 15.0 Å². The van der Waals surface area contributed by atoms with Crippen molar-refractivity contribution in [1.82, 2.24) is 15.3 Å². The first kappa shape index (κ1) is 10.5. The number of rotatable bonds is 2. The first-order valence-electron chi connectivity index (χ1n) is 5.59. The highest BCUT2D eigenvalue weighted by atomic mass is 16.5. The number of esters is 1. The van der Waals surface area contributed by atoms with E-state index in [2.05, 4.69) is 24.9 Å². The van der Waals surface area contributed by atoms with Crippen molar-refractivity contribution in [3.8, 4) is 0 Å². The normalized spacial score (nSPS) is 20.6. The quantitative estimate of drug-likeness (QED) is 0.707. The van der Waals surface area contributed by atoms with Gasteiger partial charge >= 0.3 is 5.97 Å². The summed E-state index contributed by atoms with van der Waals surface area (Å²) >= 11 is 0. The van der Waals surface area contributed by atoms with Crippen LogP contribution in [0.4, 0.5) is 5.95 Å². The van der Waals surface area contributed by atoms with Gasteiger partial charge in [0.1, 0.15) is 0 Å². The zero-order valence-corrected chi connectivity index (χ0v) is 9.64. The highest BCUT2D eigenvalue weighted by Gasteiger charge is 2.48. The van der Waals surface area contributed by atoms with Gasteiger partial charge in [0.05, 0.1) is 7.11 Å². The van der Waals surface area contributed by atoms with Gasteiger partial charge in [0.2, 0.25) is 5.95 Å². The van der Waals surface area contributed by atoms with Gasteiger partial charge in [-0.3, -0.25) is 0 Å². The van der Waals surface area contributed by atoms with Crippen LogP contribution in [0.3, 0.4) is 0 Å². The van der Waals surface area contributed by atoms with E-state index in [4.69, 9.17) is 0 Å². The molecule has 1 spiro atoms. The fraction of sp³-hybridized carbons (Fsp3) is 0.545. The number of hydrogen-bond donors (Lipinski definition) is 1. The molecule has 0 radical (unpaired) electrons. The zero-order valence-electron chi connectivity index (χ0n) is 9.64. The molecule has 0 saturated carbocycles. The third-order valence-electron chi connectivity index (χ3n) is 3.37. The third-order valence-corrected chi connectivity index (χ3v) is 3.37. The Morgan fingerprint density at radius 1 is 1.53 bits per heavy atom. The summed E-state index contributed by atoms with van der Waals surface area (Å²) in [6, 6.07) is 1.57. The molecule has 1 aromatic heterocycles. The lowest BCUT2D eigenvalue weighted by atomic mass is 9.75. The second-order valence-electron chi connectivity index (χ2n) is 4.69. The number of carbonyl (C=O) groups excluding carboxylic acids is 1. The summed E-state index contributed by atoms with van der Waals surface area (Å²) in [6.07, 6.45) is 1.60. The van der Waals surface area contributed by atoms with Crippen LogP contribution in [0.5, 0.6) is 0 Å². The molecule has 2 fully saturated rings. The number of methoxy groups -OCH3 is 1. The maximum Gasteiger partial charge on any atom is 0.356 e. The van der Waals surface area contributed by atoms with E-state index in [0.29, 0.717) is 17.1 Å². The van der Waals surface area contributed by atoms with E-state index in [-0.39, 0.29) is 0 Å². The SMILES string of the molecule is COC(=O)c1ccnc(N2CC3(CNC3)C2)n1. The molecular formula is C11H14N4O2. The Kier molecular flexibility index (Phi) is 2.25. The number of aromatic nitrogens is 2. The molecule has 0 unspecified atom stereocenters. The predicted octanol–water partition coefficient (Wildman–Crippen LogP) is -0.327. The van der Waals surface area contributed by atoms with Gasteiger partial charge in [-0.25, -0.2) is 14.8 Å². The molecule has 3 heterocycles. The number of carbonyl (C=O) groups is 1. The topological polar surface area (TPSA) is 67.3 Å². The van der Waals surface area contributed by atoms with E-state index in [9.17, 15) is 4.79 Å². The molecule has 0 amide bonds. The molecule has 2 saturated heterocycles. The van der Waals surface area contributed by atoms with E-state index in [1.807, 2.05) is 0 Å². The van der Waals surface area contributed by atoms with Crippen LogP contribution < -0.4 is 10.2 Å². The van der Waals surface area contributed by atoms with Crippen LogP contribution in [-0.2, 0) is 4.74 Å².